The van der Waals surface area contributed by atoms with E-state index in [9.17, 15) is 0 Å². The second-order valence-corrected chi connectivity index (χ2v) is 12.0. The molecule has 6 aromatic rings. The lowest BCUT2D eigenvalue weighted by molar-refractivity contribution is -0.936. The third-order valence-electron chi connectivity index (χ3n) is 9.07. The highest BCUT2D eigenvalue weighted by atomic mass is 15.6. The van der Waals surface area contributed by atoms with Gasteiger partial charge in [0.25, 0.3) is 0 Å². The topological polar surface area (TPSA) is 12.3 Å². The van der Waals surface area contributed by atoms with Crippen molar-refractivity contribution < 1.29 is 13.7 Å². The van der Waals surface area contributed by atoms with E-state index in [-0.39, 0.29) is 0 Å². The van der Waals surface area contributed by atoms with Gasteiger partial charge in [-0.1, -0.05) is 84.9 Å². The number of nitrogens with zero attached hydrogens (tertiary/aromatic N) is 4. The number of anilines is 1. The second-order valence-electron chi connectivity index (χ2n) is 12.0. The zero-order valence-corrected chi connectivity index (χ0v) is 25.8. The number of hydrogen-bond acceptors (Lipinski definition) is 1. The number of fused-ring (bicyclic) bond motifs is 3. The van der Waals surface area contributed by atoms with Gasteiger partial charge in [-0.15, -0.1) is 0 Å². The van der Waals surface area contributed by atoms with Crippen LogP contribution in [0.15, 0.2) is 140 Å². The fourth-order valence-corrected chi connectivity index (χ4v) is 7.22. The molecule has 1 spiro atoms. The van der Waals surface area contributed by atoms with Gasteiger partial charge >= 0.3 is 5.91 Å². The lowest BCUT2D eigenvalue weighted by Crippen LogP contribution is -2.70. The van der Waals surface area contributed by atoms with E-state index in [0.29, 0.717) is 0 Å². The van der Waals surface area contributed by atoms with Gasteiger partial charge in [0.1, 0.15) is 5.56 Å². The number of benzene rings is 6. The maximum absolute atomic E-state index is 2.48. The van der Waals surface area contributed by atoms with Crippen LogP contribution in [0.5, 0.6) is 0 Å². The SMILES string of the molecule is Cc1cc(C)c2c(c1)C=[N+](c1ccccc1)C1(N2C)[N+](c2ccccc2)=Cc2cc3ccccc3cc2/[N+]1=C\c1ccccc1. The van der Waals surface area contributed by atoms with E-state index < -0.39 is 5.91 Å². The first-order valence-electron chi connectivity index (χ1n) is 15.5. The monoisotopic (exact) mass is 583 g/mol. The highest BCUT2D eigenvalue weighted by molar-refractivity contribution is 5.96. The van der Waals surface area contributed by atoms with E-state index in [1.54, 1.807) is 0 Å². The summed E-state index contributed by atoms with van der Waals surface area (Å²) < 4.78 is 7.35. The number of para-hydroxylation sites is 2. The summed E-state index contributed by atoms with van der Waals surface area (Å²) in [5, 5.41) is 2.43. The second kappa shape index (κ2) is 10.5. The number of rotatable bonds is 3. The summed E-state index contributed by atoms with van der Waals surface area (Å²) in [7, 11) is 2.24. The van der Waals surface area contributed by atoms with Gasteiger partial charge in [0.05, 0.1) is 11.3 Å². The summed E-state index contributed by atoms with van der Waals surface area (Å²) in [5.41, 5.74) is 10.5. The Balaban J connectivity index is 1.58. The summed E-state index contributed by atoms with van der Waals surface area (Å²) in [6.45, 7) is 4.41. The molecule has 0 saturated carbocycles. The number of hydrogen-bond donors (Lipinski definition) is 0. The van der Waals surface area contributed by atoms with Crippen LogP contribution in [0.4, 0.5) is 22.7 Å². The first-order valence-corrected chi connectivity index (χ1v) is 15.5. The minimum absolute atomic E-state index is 0.874. The van der Waals surface area contributed by atoms with Gasteiger partial charge < -0.3 is 0 Å². The van der Waals surface area contributed by atoms with Crippen molar-refractivity contribution in [1.29, 1.82) is 0 Å². The highest BCUT2D eigenvalue weighted by Crippen LogP contribution is 2.45. The maximum atomic E-state index is 2.48. The molecule has 0 bridgehead atoms. The van der Waals surface area contributed by atoms with Crippen molar-refractivity contribution in [2.75, 3.05) is 11.9 Å². The van der Waals surface area contributed by atoms with Gasteiger partial charge in [-0.05, 0) is 73.7 Å². The van der Waals surface area contributed by atoms with Gasteiger partial charge in [-0.3, -0.25) is 0 Å². The maximum Gasteiger partial charge on any atom is 0.661 e. The molecule has 2 heterocycles. The van der Waals surface area contributed by atoms with E-state index in [2.05, 4.69) is 198 Å². The molecule has 1 atom stereocenters. The van der Waals surface area contributed by atoms with Gasteiger partial charge in [-0.2, -0.15) is 4.90 Å². The third-order valence-corrected chi connectivity index (χ3v) is 9.07. The van der Waals surface area contributed by atoms with Crippen molar-refractivity contribution >= 4 is 52.2 Å². The normalized spacial score (nSPS) is 18.0. The molecule has 0 aromatic heterocycles. The first-order chi connectivity index (χ1) is 22.0. The lowest BCUT2D eigenvalue weighted by atomic mass is 9.98. The molecular weight excluding hydrogens is 548 g/mol. The fraction of sp³-hybridized carbons (Fsp3) is 0.0976. The summed E-state index contributed by atoms with van der Waals surface area (Å²) in [6.07, 6.45) is 6.99. The van der Waals surface area contributed by atoms with Crippen molar-refractivity contribution in [3.8, 4) is 0 Å². The first kappa shape index (κ1) is 27.0. The van der Waals surface area contributed by atoms with Crippen LogP contribution in [0.25, 0.3) is 10.8 Å². The van der Waals surface area contributed by atoms with Crippen LogP contribution in [0.1, 0.15) is 27.8 Å². The molecule has 4 heteroatoms. The highest BCUT2D eigenvalue weighted by Gasteiger charge is 2.73. The van der Waals surface area contributed by atoms with E-state index >= 15 is 0 Å². The van der Waals surface area contributed by atoms with Crippen LogP contribution in [0.3, 0.4) is 0 Å². The van der Waals surface area contributed by atoms with Crippen molar-refractivity contribution in [3.63, 3.8) is 0 Å². The molecule has 216 valence electrons. The van der Waals surface area contributed by atoms with E-state index in [1.165, 1.54) is 33.2 Å². The zero-order valence-electron chi connectivity index (χ0n) is 25.8. The zero-order chi connectivity index (χ0) is 30.5. The van der Waals surface area contributed by atoms with E-state index in [1.807, 2.05) is 0 Å². The molecule has 2 aliphatic rings. The van der Waals surface area contributed by atoms with Crippen LogP contribution in [0.2, 0.25) is 0 Å². The Morgan fingerprint density at radius 1 is 0.578 bits per heavy atom. The minimum atomic E-state index is -0.874. The van der Waals surface area contributed by atoms with Crippen LogP contribution < -0.4 is 4.90 Å². The predicted molar refractivity (Wildman–Crippen MR) is 186 cm³/mol. The van der Waals surface area contributed by atoms with Crippen molar-refractivity contribution in [3.05, 3.63) is 167 Å². The standard InChI is InChI=1S/C41H35N4/c1-30-23-31(2)40-36(24-30)29-44(38-21-11-6-12-22-38)41(42(40)3)43(37-19-9-5-10-20-37)28-35-25-33-17-13-14-18-34(33)26-39(35)45(41)27-32-15-7-4-8-16-32/h4-29H,1-3H3/q+3/b45-27+. The van der Waals surface area contributed by atoms with Crippen LogP contribution >= 0.6 is 0 Å². The van der Waals surface area contributed by atoms with Gasteiger partial charge in [0.15, 0.2) is 18.6 Å². The average Bonchev–Trinajstić information content (AvgIpc) is 3.07. The predicted octanol–water partition coefficient (Wildman–Crippen LogP) is 8.52. The molecule has 0 amide bonds. The molecule has 0 N–H and O–H groups in total. The van der Waals surface area contributed by atoms with Crippen molar-refractivity contribution in [1.82, 2.24) is 0 Å². The van der Waals surface area contributed by atoms with Crippen molar-refractivity contribution in [2.24, 2.45) is 0 Å². The Hall–Kier alpha value is -5.61. The molecule has 1 unspecified atom stereocenters. The average molecular weight is 584 g/mol. The van der Waals surface area contributed by atoms with Crippen LogP contribution in [0, 0.1) is 13.8 Å². The molecule has 4 nitrogen and oxygen atoms in total. The Bertz CT molecular complexity index is 2180. The summed E-state index contributed by atoms with van der Waals surface area (Å²) in [5.74, 6) is -0.874. The molecule has 0 radical (unpaired) electrons. The van der Waals surface area contributed by atoms with Gasteiger partial charge in [-0.25, -0.2) is 0 Å². The molecule has 6 aromatic carbocycles. The quantitative estimate of drug-likeness (QED) is 0.190. The number of aryl methyl sites for hydroxylation is 2. The van der Waals surface area contributed by atoms with E-state index in [4.69, 9.17) is 0 Å². The van der Waals surface area contributed by atoms with Crippen molar-refractivity contribution in [2.45, 2.75) is 19.8 Å². The van der Waals surface area contributed by atoms with Crippen LogP contribution in [-0.4, -0.2) is 45.3 Å². The van der Waals surface area contributed by atoms with Crippen LogP contribution in [-0.2, 0) is 0 Å². The fourth-order valence-electron chi connectivity index (χ4n) is 7.22. The molecule has 45 heavy (non-hydrogen) atoms. The molecule has 8 rings (SSSR count). The summed E-state index contributed by atoms with van der Waals surface area (Å²) in [4.78, 5) is 2.46. The lowest BCUT2D eigenvalue weighted by Gasteiger charge is -2.36. The summed E-state index contributed by atoms with van der Waals surface area (Å²) >= 11 is 0. The Labute approximate surface area is 264 Å². The molecule has 0 saturated heterocycles. The Morgan fingerprint density at radius 3 is 1.73 bits per heavy atom. The van der Waals surface area contributed by atoms with E-state index in [0.717, 1.165) is 28.2 Å². The molecular formula is C41H35N4+3. The third kappa shape index (κ3) is 4.25. The Kier molecular flexibility index (Phi) is 6.31. The molecule has 0 aliphatic carbocycles. The minimum Gasteiger partial charge on any atom is -0.189 e. The molecule has 2 aliphatic heterocycles. The van der Waals surface area contributed by atoms with Gasteiger partial charge in [0.2, 0.25) is 17.1 Å². The summed E-state index contributed by atoms with van der Waals surface area (Å²) in [6, 6.07) is 50.1. The molecule has 0 fully saturated rings. The Morgan fingerprint density at radius 2 is 1.11 bits per heavy atom. The largest absolute Gasteiger partial charge is 0.661 e. The van der Waals surface area contributed by atoms with Gasteiger partial charge in [0, 0.05) is 42.9 Å². The smallest absolute Gasteiger partial charge is 0.189 e.